The van der Waals surface area contributed by atoms with Crippen molar-refractivity contribution < 1.29 is 14.3 Å². The predicted octanol–water partition coefficient (Wildman–Crippen LogP) is 3.46. The van der Waals surface area contributed by atoms with Crippen LogP contribution in [0.1, 0.15) is 58.1 Å². The molecule has 1 aromatic carbocycles. The molecule has 1 amide bonds. The molecule has 6 nitrogen and oxygen atoms in total. The second kappa shape index (κ2) is 13.8. The van der Waals surface area contributed by atoms with Gasteiger partial charge in [-0.05, 0) is 50.3 Å². The molecular formula is C22H36FIN4O2. The Kier molecular flexibility index (Phi) is 12.2. The molecule has 0 bridgehead atoms. The number of aliphatic imine (C=N–C) groups is 1. The van der Waals surface area contributed by atoms with Gasteiger partial charge in [0.15, 0.2) is 5.96 Å². The van der Waals surface area contributed by atoms with E-state index in [2.05, 4.69) is 29.5 Å². The number of guanidine groups is 1. The van der Waals surface area contributed by atoms with E-state index in [0.29, 0.717) is 18.1 Å². The van der Waals surface area contributed by atoms with Gasteiger partial charge >= 0.3 is 0 Å². The van der Waals surface area contributed by atoms with Crippen molar-refractivity contribution in [2.45, 2.75) is 58.6 Å². The first-order valence-corrected chi connectivity index (χ1v) is 10.8. The van der Waals surface area contributed by atoms with Crippen molar-refractivity contribution in [2.24, 2.45) is 10.9 Å². The van der Waals surface area contributed by atoms with Crippen LogP contribution >= 0.6 is 24.0 Å². The molecule has 30 heavy (non-hydrogen) atoms. The summed E-state index contributed by atoms with van der Waals surface area (Å²) in [6.07, 6.45) is 2.74. The summed E-state index contributed by atoms with van der Waals surface area (Å²) in [4.78, 5) is 19.0. The van der Waals surface area contributed by atoms with Crippen LogP contribution in [0.15, 0.2) is 29.3 Å². The van der Waals surface area contributed by atoms with Gasteiger partial charge in [0.2, 0.25) is 5.91 Å². The van der Waals surface area contributed by atoms with E-state index in [9.17, 15) is 14.3 Å². The molecule has 1 aliphatic heterocycles. The Bertz CT molecular complexity index is 660. The average Bonchev–Trinajstić information content (AvgIpc) is 2.73. The predicted molar refractivity (Wildman–Crippen MR) is 130 cm³/mol. The Balaban J connectivity index is 0.00000450. The molecule has 1 saturated heterocycles. The topological polar surface area (TPSA) is 77.0 Å². The maximum atomic E-state index is 13.0. The van der Waals surface area contributed by atoms with Crippen LogP contribution in [0.5, 0.6) is 0 Å². The summed E-state index contributed by atoms with van der Waals surface area (Å²) >= 11 is 0. The van der Waals surface area contributed by atoms with Crippen molar-refractivity contribution >= 4 is 35.8 Å². The number of benzene rings is 1. The lowest BCUT2D eigenvalue weighted by atomic mass is 9.98. The normalized spacial score (nSPS) is 16.2. The molecule has 170 valence electrons. The van der Waals surface area contributed by atoms with Gasteiger partial charge in [0, 0.05) is 31.6 Å². The average molecular weight is 534 g/mol. The van der Waals surface area contributed by atoms with Crippen LogP contribution in [0.4, 0.5) is 4.39 Å². The molecule has 1 aliphatic rings. The van der Waals surface area contributed by atoms with E-state index in [1.807, 2.05) is 11.8 Å². The van der Waals surface area contributed by atoms with Crippen LogP contribution in [-0.2, 0) is 4.79 Å². The largest absolute Gasteiger partial charge is 0.386 e. The lowest BCUT2D eigenvalue weighted by Crippen LogP contribution is -2.50. The van der Waals surface area contributed by atoms with Crippen molar-refractivity contribution in [3.05, 3.63) is 35.6 Å². The van der Waals surface area contributed by atoms with E-state index in [1.165, 1.54) is 12.1 Å². The van der Waals surface area contributed by atoms with Crippen molar-refractivity contribution in [2.75, 3.05) is 26.2 Å². The van der Waals surface area contributed by atoms with Crippen LogP contribution < -0.4 is 10.6 Å². The molecule has 0 radical (unpaired) electrons. The highest BCUT2D eigenvalue weighted by atomic mass is 127. The second-order valence-electron chi connectivity index (χ2n) is 7.54. The fourth-order valence-electron chi connectivity index (χ4n) is 3.62. The number of aliphatic hydroxyl groups excluding tert-OH is 1. The number of halogens is 2. The number of aliphatic hydroxyl groups is 1. The third-order valence-electron chi connectivity index (χ3n) is 5.50. The fourth-order valence-corrected chi connectivity index (χ4v) is 3.62. The molecule has 1 heterocycles. The quantitative estimate of drug-likeness (QED) is 0.271. The highest BCUT2D eigenvalue weighted by Crippen LogP contribution is 2.18. The molecule has 1 fully saturated rings. The van der Waals surface area contributed by atoms with E-state index in [1.54, 1.807) is 12.1 Å². The molecule has 3 N–H and O–H groups in total. The molecule has 1 unspecified atom stereocenters. The van der Waals surface area contributed by atoms with Gasteiger partial charge in [0.25, 0.3) is 0 Å². The number of carbonyl (C=O) groups is 1. The number of likely N-dealkylation sites (tertiary alicyclic amines) is 1. The van der Waals surface area contributed by atoms with Crippen LogP contribution in [-0.4, -0.2) is 54.1 Å². The molecular weight excluding hydrogens is 498 g/mol. The summed E-state index contributed by atoms with van der Waals surface area (Å²) in [6, 6.07) is 6.05. The fraction of sp³-hybridized carbons (Fsp3) is 0.636. The number of hydrogen-bond acceptors (Lipinski definition) is 3. The first-order valence-electron chi connectivity index (χ1n) is 10.8. The van der Waals surface area contributed by atoms with Gasteiger partial charge in [-0.3, -0.25) is 9.79 Å². The van der Waals surface area contributed by atoms with E-state index >= 15 is 0 Å². The highest BCUT2D eigenvalue weighted by Gasteiger charge is 2.26. The minimum Gasteiger partial charge on any atom is -0.386 e. The number of carbonyl (C=O) groups excluding carboxylic acids is 1. The molecule has 2 rings (SSSR count). The SMILES string of the molecule is CCNC(=NCC(O)c1ccc(F)cc1)NC1CCN(C(=O)C(CC)CC)CC1.I. The van der Waals surface area contributed by atoms with E-state index in [0.717, 1.165) is 38.8 Å². The zero-order valence-electron chi connectivity index (χ0n) is 18.2. The number of amides is 1. The Labute approximate surface area is 196 Å². The number of piperidine rings is 1. The third-order valence-corrected chi connectivity index (χ3v) is 5.50. The Morgan fingerprint density at radius 3 is 2.33 bits per heavy atom. The smallest absolute Gasteiger partial charge is 0.225 e. The zero-order valence-corrected chi connectivity index (χ0v) is 20.6. The van der Waals surface area contributed by atoms with Crippen molar-refractivity contribution in [1.82, 2.24) is 15.5 Å². The van der Waals surface area contributed by atoms with E-state index in [4.69, 9.17) is 0 Å². The zero-order chi connectivity index (χ0) is 21.2. The minimum absolute atomic E-state index is 0. The van der Waals surface area contributed by atoms with Gasteiger partial charge < -0.3 is 20.6 Å². The van der Waals surface area contributed by atoms with Crippen LogP contribution in [0.25, 0.3) is 0 Å². The van der Waals surface area contributed by atoms with Crippen molar-refractivity contribution in [1.29, 1.82) is 0 Å². The van der Waals surface area contributed by atoms with Gasteiger partial charge in [-0.15, -0.1) is 24.0 Å². The maximum Gasteiger partial charge on any atom is 0.225 e. The Hall–Kier alpha value is -1.42. The van der Waals surface area contributed by atoms with Crippen molar-refractivity contribution in [3.63, 3.8) is 0 Å². The van der Waals surface area contributed by atoms with Crippen LogP contribution in [0, 0.1) is 11.7 Å². The monoisotopic (exact) mass is 534 g/mol. The lowest BCUT2D eigenvalue weighted by molar-refractivity contribution is -0.136. The highest BCUT2D eigenvalue weighted by molar-refractivity contribution is 14.0. The summed E-state index contributed by atoms with van der Waals surface area (Å²) in [5.74, 6) is 0.731. The van der Waals surface area contributed by atoms with E-state index in [-0.39, 0.29) is 54.2 Å². The number of nitrogens with zero attached hydrogens (tertiary/aromatic N) is 2. The lowest BCUT2D eigenvalue weighted by Gasteiger charge is -2.35. The molecule has 0 aliphatic carbocycles. The molecule has 0 saturated carbocycles. The summed E-state index contributed by atoms with van der Waals surface area (Å²) < 4.78 is 13.0. The van der Waals surface area contributed by atoms with Gasteiger partial charge in [-0.2, -0.15) is 0 Å². The summed E-state index contributed by atoms with van der Waals surface area (Å²) in [5.41, 5.74) is 0.638. The maximum absolute atomic E-state index is 13.0. The van der Waals surface area contributed by atoms with Gasteiger partial charge in [-0.1, -0.05) is 26.0 Å². The minimum atomic E-state index is -0.787. The number of rotatable bonds is 8. The van der Waals surface area contributed by atoms with Gasteiger partial charge in [0.05, 0.1) is 12.6 Å². The molecule has 0 spiro atoms. The first-order chi connectivity index (χ1) is 14.0. The second-order valence-corrected chi connectivity index (χ2v) is 7.54. The summed E-state index contributed by atoms with van der Waals surface area (Å²) in [7, 11) is 0. The molecule has 8 heteroatoms. The van der Waals surface area contributed by atoms with Crippen molar-refractivity contribution in [3.8, 4) is 0 Å². The molecule has 1 atom stereocenters. The Morgan fingerprint density at radius 2 is 1.80 bits per heavy atom. The summed E-state index contributed by atoms with van der Waals surface area (Å²) in [6.45, 7) is 8.54. The number of hydrogen-bond donors (Lipinski definition) is 3. The molecule has 1 aromatic rings. The van der Waals surface area contributed by atoms with Gasteiger partial charge in [-0.25, -0.2) is 4.39 Å². The number of nitrogens with one attached hydrogen (secondary N) is 2. The van der Waals surface area contributed by atoms with Gasteiger partial charge in [0.1, 0.15) is 5.82 Å². The Morgan fingerprint density at radius 1 is 1.20 bits per heavy atom. The van der Waals surface area contributed by atoms with Crippen LogP contribution in [0.2, 0.25) is 0 Å². The first kappa shape index (κ1) is 26.6. The van der Waals surface area contributed by atoms with E-state index < -0.39 is 6.10 Å². The summed E-state index contributed by atoms with van der Waals surface area (Å²) in [5, 5.41) is 16.9. The standard InChI is InChI=1S/C22H35FN4O2.HI/c1-4-16(5-2)21(29)27-13-11-19(12-14-27)26-22(24-6-3)25-15-20(28)17-7-9-18(23)10-8-17;/h7-10,16,19-20,28H,4-6,11-15H2,1-3H3,(H2,24,25,26);1H. The molecule has 0 aromatic heterocycles. The third kappa shape index (κ3) is 8.02. The van der Waals surface area contributed by atoms with Crippen LogP contribution in [0.3, 0.4) is 0 Å².